The molecule has 79 heavy (non-hydrogen) atoms. The summed E-state index contributed by atoms with van der Waals surface area (Å²) >= 11 is 0. The Hall–Kier alpha value is -2.63. The van der Waals surface area contributed by atoms with Gasteiger partial charge in [-0.05, 0) is 83.5 Å². The van der Waals surface area contributed by atoms with E-state index in [0.717, 1.165) is 83.5 Å². The van der Waals surface area contributed by atoms with Crippen molar-refractivity contribution in [3.8, 4) is 0 Å². The molecule has 0 amide bonds. The highest BCUT2D eigenvalue weighted by Crippen LogP contribution is 2.18. The molecule has 0 aliphatic heterocycles. The van der Waals surface area contributed by atoms with Crippen LogP contribution in [-0.4, -0.2) is 37.2 Å². The average Bonchev–Trinajstić information content (AvgIpc) is 3.45. The van der Waals surface area contributed by atoms with Gasteiger partial charge in [-0.25, -0.2) is 0 Å². The van der Waals surface area contributed by atoms with Gasteiger partial charge in [0.05, 0.1) is 0 Å². The standard InChI is InChI=1S/C73H134O6/c1-4-7-10-13-16-19-22-25-27-29-31-33-35-36-37-39-40-42-44-46-48-51-54-57-60-63-66-72(75)78-69-70(68-77-71(74)65-62-59-56-53-50-24-21-18-15-12-9-6-3)79-73(76)67-64-61-58-55-52-49-47-45-43-41-38-34-32-30-28-26-23-20-17-14-11-8-5-2/h18,21,23,26,30,32,38,41,70H,4-17,19-20,22,24-25,27-29,31,33-37,39-40,42-69H2,1-3H3/b21-18-,26-23-,32-30-,41-38-. The van der Waals surface area contributed by atoms with Gasteiger partial charge >= 0.3 is 17.9 Å². The highest BCUT2D eigenvalue weighted by molar-refractivity contribution is 5.71. The summed E-state index contributed by atoms with van der Waals surface area (Å²) in [4.78, 5) is 38.4. The molecule has 0 aliphatic rings. The molecule has 0 aromatic rings. The van der Waals surface area contributed by atoms with Crippen molar-refractivity contribution in [3.05, 3.63) is 48.6 Å². The maximum absolute atomic E-state index is 12.9. The molecule has 1 unspecified atom stereocenters. The second kappa shape index (κ2) is 67.9. The maximum atomic E-state index is 12.9. The summed E-state index contributed by atoms with van der Waals surface area (Å²) in [5.74, 6) is -0.868. The summed E-state index contributed by atoms with van der Waals surface area (Å²) in [6.07, 6.45) is 85.7. The predicted octanol–water partition coefficient (Wildman–Crippen LogP) is 24.1. The predicted molar refractivity (Wildman–Crippen MR) is 344 cm³/mol. The zero-order valence-electron chi connectivity index (χ0n) is 53.2. The number of carbonyl (C=O) groups is 3. The number of allylic oxidation sites excluding steroid dienone is 8. The van der Waals surface area contributed by atoms with E-state index in [1.807, 2.05) is 0 Å². The van der Waals surface area contributed by atoms with Crippen LogP contribution in [0.15, 0.2) is 48.6 Å². The van der Waals surface area contributed by atoms with Crippen molar-refractivity contribution in [1.82, 2.24) is 0 Å². The van der Waals surface area contributed by atoms with Crippen LogP contribution in [-0.2, 0) is 28.6 Å². The fourth-order valence-corrected chi connectivity index (χ4v) is 10.5. The molecular formula is C73H134O6. The first-order valence-corrected chi connectivity index (χ1v) is 35.1. The fourth-order valence-electron chi connectivity index (χ4n) is 10.5. The van der Waals surface area contributed by atoms with Crippen molar-refractivity contribution in [2.24, 2.45) is 0 Å². The zero-order valence-corrected chi connectivity index (χ0v) is 53.2. The topological polar surface area (TPSA) is 78.9 Å². The van der Waals surface area contributed by atoms with Gasteiger partial charge in [0, 0.05) is 19.3 Å². The quantitative estimate of drug-likeness (QED) is 0.0261. The molecule has 0 rings (SSSR count). The Kier molecular flexibility index (Phi) is 65.6. The molecule has 0 saturated heterocycles. The maximum Gasteiger partial charge on any atom is 0.306 e. The van der Waals surface area contributed by atoms with Crippen LogP contribution in [0.2, 0.25) is 0 Å². The summed E-state index contributed by atoms with van der Waals surface area (Å²) in [6.45, 7) is 6.66. The van der Waals surface area contributed by atoms with Crippen molar-refractivity contribution >= 4 is 17.9 Å². The number of unbranched alkanes of at least 4 members (excludes halogenated alkanes) is 46. The number of ether oxygens (including phenoxy) is 3. The molecule has 462 valence electrons. The minimum absolute atomic E-state index is 0.0750. The number of carbonyl (C=O) groups excluding carboxylic acids is 3. The van der Waals surface area contributed by atoms with E-state index in [4.69, 9.17) is 14.2 Å². The van der Waals surface area contributed by atoms with Crippen LogP contribution < -0.4 is 0 Å². The van der Waals surface area contributed by atoms with Gasteiger partial charge in [0.1, 0.15) is 13.2 Å². The van der Waals surface area contributed by atoms with Crippen LogP contribution in [0, 0.1) is 0 Å². The Bertz CT molecular complexity index is 1360. The van der Waals surface area contributed by atoms with E-state index in [9.17, 15) is 14.4 Å². The Morgan fingerprint density at radius 3 is 0.747 bits per heavy atom. The van der Waals surface area contributed by atoms with E-state index in [-0.39, 0.29) is 31.1 Å². The first-order valence-electron chi connectivity index (χ1n) is 35.1. The van der Waals surface area contributed by atoms with E-state index in [2.05, 4.69) is 69.4 Å². The van der Waals surface area contributed by atoms with Crippen molar-refractivity contribution in [2.45, 2.75) is 386 Å². The summed E-state index contributed by atoms with van der Waals surface area (Å²) in [5, 5.41) is 0. The van der Waals surface area contributed by atoms with Crippen LogP contribution in [0.5, 0.6) is 0 Å². The number of hydrogen-bond acceptors (Lipinski definition) is 6. The van der Waals surface area contributed by atoms with Gasteiger partial charge in [0.25, 0.3) is 0 Å². The SMILES string of the molecule is CCCCC/C=C\CCCCCCCC(=O)OCC(COC(=O)CCCCCCCCCCCCCCCCCCCCCCCCCCCC)OC(=O)CCCCCCCCCC/C=C\C/C=C\C/C=C\CCCCCCC. The van der Waals surface area contributed by atoms with Gasteiger partial charge in [-0.2, -0.15) is 0 Å². The van der Waals surface area contributed by atoms with Gasteiger partial charge < -0.3 is 14.2 Å². The average molecular weight is 1110 g/mol. The fraction of sp³-hybridized carbons (Fsp3) is 0.849. The third kappa shape index (κ3) is 66.1. The molecule has 6 heteroatoms. The van der Waals surface area contributed by atoms with E-state index in [1.165, 1.54) is 257 Å². The van der Waals surface area contributed by atoms with Crippen LogP contribution in [0.3, 0.4) is 0 Å². The normalized spacial score (nSPS) is 12.3. The van der Waals surface area contributed by atoms with Gasteiger partial charge in [0.2, 0.25) is 0 Å². The lowest BCUT2D eigenvalue weighted by molar-refractivity contribution is -0.167. The van der Waals surface area contributed by atoms with E-state index < -0.39 is 6.10 Å². The second-order valence-corrected chi connectivity index (χ2v) is 23.8. The minimum Gasteiger partial charge on any atom is -0.462 e. The Balaban J connectivity index is 4.23. The molecule has 1 atom stereocenters. The molecule has 0 radical (unpaired) electrons. The molecule has 0 aromatic carbocycles. The lowest BCUT2D eigenvalue weighted by Crippen LogP contribution is -2.30. The molecule has 0 spiro atoms. The molecule has 6 nitrogen and oxygen atoms in total. The third-order valence-electron chi connectivity index (χ3n) is 15.8. The number of esters is 3. The number of hydrogen-bond donors (Lipinski definition) is 0. The highest BCUT2D eigenvalue weighted by atomic mass is 16.6. The van der Waals surface area contributed by atoms with Crippen molar-refractivity contribution < 1.29 is 28.6 Å². The largest absolute Gasteiger partial charge is 0.462 e. The zero-order chi connectivity index (χ0) is 57.1. The van der Waals surface area contributed by atoms with Gasteiger partial charge in [-0.1, -0.05) is 326 Å². The molecule has 0 bridgehead atoms. The van der Waals surface area contributed by atoms with Gasteiger partial charge in [-0.3, -0.25) is 14.4 Å². The molecule has 0 N–H and O–H groups in total. The summed E-state index contributed by atoms with van der Waals surface area (Å²) in [5.41, 5.74) is 0. The van der Waals surface area contributed by atoms with Crippen LogP contribution in [0.1, 0.15) is 380 Å². The molecule has 0 heterocycles. The van der Waals surface area contributed by atoms with Gasteiger partial charge in [-0.15, -0.1) is 0 Å². The molecular weight excluding hydrogens is 973 g/mol. The Labute approximate surface area is 492 Å². The molecule has 0 aliphatic carbocycles. The van der Waals surface area contributed by atoms with Gasteiger partial charge in [0.15, 0.2) is 6.10 Å². The van der Waals surface area contributed by atoms with Crippen molar-refractivity contribution in [1.29, 1.82) is 0 Å². The third-order valence-corrected chi connectivity index (χ3v) is 15.8. The van der Waals surface area contributed by atoms with E-state index >= 15 is 0 Å². The monoisotopic (exact) mass is 1110 g/mol. The Morgan fingerprint density at radius 2 is 0.456 bits per heavy atom. The van der Waals surface area contributed by atoms with Crippen LogP contribution >= 0.6 is 0 Å². The lowest BCUT2D eigenvalue weighted by atomic mass is 10.0. The molecule has 0 fully saturated rings. The number of rotatable bonds is 65. The second-order valence-electron chi connectivity index (χ2n) is 23.8. The van der Waals surface area contributed by atoms with Crippen LogP contribution in [0.4, 0.5) is 0 Å². The minimum atomic E-state index is -0.780. The first kappa shape index (κ1) is 76.4. The lowest BCUT2D eigenvalue weighted by Gasteiger charge is -2.18. The molecule has 0 saturated carbocycles. The van der Waals surface area contributed by atoms with Crippen molar-refractivity contribution in [3.63, 3.8) is 0 Å². The highest BCUT2D eigenvalue weighted by Gasteiger charge is 2.19. The van der Waals surface area contributed by atoms with E-state index in [0.29, 0.717) is 19.3 Å². The van der Waals surface area contributed by atoms with E-state index in [1.54, 1.807) is 0 Å². The summed E-state index contributed by atoms with van der Waals surface area (Å²) in [7, 11) is 0. The first-order chi connectivity index (χ1) is 39.0. The molecule has 0 aromatic heterocycles. The summed E-state index contributed by atoms with van der Waals surface area (Å²) < 4.78 is 17.0. The smallest absolute Gasteiger partial charge is 0.306 e. The summed E-state index contributed by atoms with van der Waals surface area (Å²) in [6, 6.07) is 0. The Morgan fingerprint density at radius 1 is 0.253 bits per heavy atom. The van der Waals surface area contributed by atoms with Crippen LogP contribution in [0.25, 0.3) is 0 Å². The van der Waals surface area contributed by atoms with Crippen molar-refractivity contribution in [2.75, 3.05) is 13.2 Å².